The van der Waals surface area contributed by atoms with Crippen molar-refractivity contribution >= 4 is 30.5 Å². The Morgan fingerprint density at radius 1 is 0.967 bits per heavy atom. The maximum Gasteiger partial charge on any atom is 0.261 e. The van der Waals surface area contributed by atoms with Gasteiger partial charge in [0, 0.05) is 24.8 Å². The maximum absolute atomic E-state index is 6.93. The number of hydrogen-bond donors (Lipinski definition) is 0. The van der Waals surface area contributed by atoms with Gasteiger partial charge >= 0.3 is 0 Å². The Morgan fingerprint density at radius 3 is 2.10 bits per heavy atom. The molecule has 0 atom stereocenters. The second-order valence-electron chi connectivity index (χ2n) is 8.54. The summed E-state index contributed by atoms with van der Waals surface area (Å²) in [4.78, 5) is 0. The van der Waals surface area contributed by atoms with E-state index >= 15 is 0 Å². The normalized spacial score (nSPS) is 12.3. The van der Waals surface area contributed by atoms with Gasteiger partial charge in [-0.3, -0.25) is 0 Å². The van der Waals surface area contributed by atoms with Crippen LogP contribution in [-0.4, -0.2) is 25.8 Å². The van der Waals surface area contributed by atoms with Crippen molar-refractivity contribution < 1.29 is 8.95 Å². The van der Waals surface area contributed by atoms with E-state index in [9.17, 15) is 0 Å². The number of thioether (sulfide) groups is 1. The highest BCUT2D eigenvalue weighted by Gasteiger charge is 2.49. The van der Waals surface area contributed by atoms with E-state index in [1.165, 1.54) is 10.4 Å². The molecule has 30 heavy (non-hydrogen) atoms. The number of benzene rings is 2. The Balaban J connectivity index is 1.77. The summed E-state index contributed by atoms with van der Waals surface area (Å²) < 4.78 is 12.5. The van der Waals surface area contributed by atoms with E-state index in [0.29, 0.717) is 6.61 Å². The molecule has 3 aromatic rings. The minimum Gasteiger partial charge on any atom is -0.407 e. The molecule has 0 unspecified atom stereocenters. The molecule has 3 rings (SSSR count). The van der Waals surface area contributed by atoms with Gasteiger partial charge in [-0.2, -0.15) is 11.8 Å². The highest BCUT2D eigenvalue weighted by atomic mass is 32.2. The lowest BCUT2D eigenvalue weighted by atomic mass is 10.2. The Bertz CT molecular complexity index is 851. The van der Waals surface area contributed by atoms with Gasteiger partial charge in [0.25, 0.3) is 8.32 Å². The molecule has 160 valence electrons. The van der Waals surface area contributed by atoms with E-state index in [4.69, 9.17) is 8.95 Å². The van der Waals surface area contributed by atoms with Crippen LogP contribution in [0.2, 0.25) is 5.04 Å². The molecular weight excluding hydrogens is 406 g/mol. The van der Waals surface area contributed by atoms with Crippen molar-refractivity contribution in [3.05, 3.63) is 78.2 Å². The molecular formula is C25H33NO2SSi. The third kappa shape index (κ3) is 5.26. The zero-order valence-electron chi connectivity index (χ0n) is 18.6. The van der Waals surface area contributed by atoms with Crippen molar-refractivity contribution in [2.75, 3.05) is 12.4 Å². The number of hydrogen-bond acceptors (Lipinski definition) is 4. The molecule has 0 radical (unpaired) electrons. The monoisotopic (exact) mass is 439 g/mol. The number of aryl methyl sites for hydroxylation is 1. The Labute approximate surface area is 186 Å². The van der Waals surface area contributed by atoms with Gasteiger partial charge in [-0.05, 0) is 27.6 Å². The molecule has 0 fully saturated rings. The molecule has 0 aliphatic carbocycles. The van der Waals surface area contributed by atoms with Crippen LogP contribution >= 0.6 is 11.8 Å². The van der Waals surface area contributed by atoms with Gasteiger partial charge < -0.3 is 8.95 Å². The van der Waals surface area contributed by atoms with Crippen LogP contribution in [0.5, 0.6) is 0 Å². The molecule has 0 spiro atoms. The lowest BCUT2D eigenvalue weighted by molar-refractivity contribution is 0.283. The van der Waals surface area contributed by atoms with Crippen LogP contribution in [0.1, 0.15) is 45.6 Å². The van der Waals surface area contributed by atoms with Crippen LogP contribution in [0.4, 0.5) is 0 Å². The summed E-state index contributed by atoms with van der Waals surface area (Å²) in [5.74, 6) is 2.96. The highest BCUT2D eigenvalue weighted by Crippen LogP contribution is 2.36. The van der Waals surface area contributed by atoms with Crippen molar-refractivity contribution in [3.8, 4) is 0 Å². The third-order valence-corrected chi connectivity index (χ3v) is 11.3. The standard InChI is InChI=1S/C25H33NO2SSi/c1-5-29-20-21-19-22(28-26-21)13-12-18-27-30(25(2,3)4,23-14-8-6-9-15-23)24-16-10-7-11-17-24/h6-11,14-17,19H,5,12-13,18,20H2,1-4H3. The van der Waals surface area contributed by atoms with E-state index < -0.39 is 8.32 Å². The fraction of sp³-hybridized carbons (Fsp3) is 0.400. The first-order chi connectivity index (χ1) is 14.5. The lowest BCUT2D eigenvalue weighted by Crippen LogP contribution is -2.66. The van der Waals surface area contributed by atoms with Crippen LogP contribution in [0.25, 0.3) is 0 Å². The summed E-state index contributed by atoms with van der Waals surface area (Å²) in [6, 6.07) is 23.7. The zero-order chi connectivity index (χ0) is 21.5. The molecule has 0 saturated carbocycles. The summed E-state index contributed by atoms with van der Waals surface area (Å²) in [5, 5.41) is 6.84. The summed E-state index contributed by atoms with van der Waals surface area (Å²) in [5.41, 5.74) is 1.03. The molecule has 0 aliphatic heterocycles. The predicted octanol–water partition coefficient (Wildman–Crippen LogP) is 5.44. The second-order valence-corrected chi connectivity index (χ2v) is 14.1. The fourth-order valence-corrected chi connectivity index (χ4v) is 9.14. The van der Waals surface area contributed by atoms with E-state index in [-0.39, 0.29) is 5.04 Å². The molecule has 5 heteroatoms. The Kier molecular flexibility index (Phi) is 7.97. The summed E-state index contributed by atoms with van der Waals surface area (Å²) >= 11 is 1.86. The number of nitrogens with zero attached hydrogens (tertiary/aromatic N) is 1. The highest BCUT2D eigenvalue weighted by molar-refractivity contribution is 7.98. The average molecular weight is 440 g/mol. The molecule has 0 aliphatic rings. The van der Waals surface area contributed by atoms with E-state index in [0.717, 1.165) is 35.8 Å². The largest absolute Gasteiger partial charge is 0.407 e. The van der Waals surface area contributed by atoms with Gasteiger partial charge in [0.1, 0.15) is 5.76 Å². The van der Waals surface area contributed by atoms with E-state index in [1.807, 2.05) is 11.8 Å². The first-order valence-electron chi connectivity index (χ1n) is 10.7. The second kappa shape index (κ2) is 10.5. The lowest BCUT2D eigenvalue weighted by Gasteiger charge is -2.43. The van der Waals surface area contributed by atoms with Crippen molar-refractivity contribution in [3.63, 3.8) is 0 Å². The topological polar surface area (TPSA) is 35.3 Å². The molecule has 0 N–H and O–H groups in total. The van der Waals surface area contributed by atoms with Gasteiger partial charge in [-0.1, -0.05) is 93.5 Å². The quantitative estimate of drug-likeness (QED) is 0.311. The number of rotatable bonds is 10. The minimum atomic E-state index is -2.45. The molecule has 2 aromatic carbocycles. The van der Waals surface area contributed by atoms with E-state index in [2.05, 4.69) is 99.6 Å². The summed E-state index contributed by atoms with van der Waals surface area (Å²) in [7, 11) is -2.45. The first-order valence-corrected chi connectivity index (χ1v) is 13.8. The Morgan fingerprint density at radius 2 is 1.57 bits per heavy atom. The third-order valence-electron chi connectivity index (χ3n) is 5.36. The predicted molar refractivity (Wildman–Crippen MR) is 130 cm³/mol. The van der Waals surface area contributed by atoms with Crippen molar-refractivity contribution in [2.24, 2.45) is 0 Å². The molecule has 0 bridgehead atoms. The van der Waals surface area contributed by atoms with Crippen LogP contribution in [0, 0.1) is 0 Å². The van der Waals surface area contributed by atoms with Crippen LogP contribution < -0.4 is 10.4 Å². The van der Waals surface area contributed by atoms with Crippen molar-refractivity contribution in [1.82, 2.24) is 5.16 Å². The van der Waals surface area contributed by atoms with Crippen molar-refractivity contribution in [2.45, 2.75) is 51.3 Å². The van der Waals surface area contributed by atoms with Gasteiger partial charge in [0.05, 0.1) is 5.69 Å². The van der Waals surface area contributed by atoms with Crippen LogP contribution in [0.3, 0.4) is 0 Å². The summed E-state index contributed by atoms with van der Waals surface area (Å²) in [6.07, 6.45) is 1.77. The van der Waals surface area contributed by atoms with Crippen LogP contribution in [0.15, 0.2) is 71.3 Å². The van der Waals surface area contributed by atoms with Crippen molar-refractivity contribution in [1.29, 1.82) is 0 Å². The van der Waals surface area contributed by atoms with Gasteiger partial charge in [-0.25, -0.2) is 0 Å². The van der Waals surface area contributed by atoms with Gasteiger partial charge in [0.2, 0.25) is 0 Å². The average Bonchev–Trinajstić information content (AvgIpc) is 3.20. The smallest absolute Gasteiger partial charge is 0.261 e. The first kappa shape index (κ1) is 22.9. The number of aromatic nitrogens is 1. The molecule has 0 amide bonds. The van der Waals surface area contributed by atoms with Gasteiger partial charge in [-0.15, -0.1) is 0 Å². The minimum absolute atomic E-state index is 0.00644. The summed E-state index contributed by atoms with van der Waals surface area (Å²) in [6.45, 7) is 9.80. The Hall–Kier alpha value is -1.82. The molecule has 1 heterocycles. The molecule has 0 saturated heterocycles. The molecule has 1 aromatic heterocycles. The van der Waals surface area contributed by atoms with E-state index in [1.54, 1.807) is 0 Å². The van der Waals surface area contributed by atoms with Gasteiger partial charge in [0.15, 0.2) is 0 Å². The molecule has 3 nitrogen and oxygen atoms in total. The fourth-order valence-electron chi connectivity index (χ4n) is 3.98. The zero-order valence-corrected chi connectivity index (χ0v) is 20.4. The van der Waals surface area contributed by atoms with Crippen LogP contribution in [-0.2, 0) is 16.6 Å². The maximum atomic E-state index is 6.93. The SMILES string of the molecule is CCSCc1cc(CCCO[Si](c2ccccc2)(c2ccccc2)C(C)(C)C)on1.